The summed E-state index contributed by atoms with van der Waals surface area (Å²) in [6, 6.07) is 7.57. The first-order valence-corrected chi connectivity index (χ1v) is 9.87. The molecule has 0 aliphatic heterocycles. The van der Waals surface area contributed by atoms with Crippen LogP contribution < -0.4 is 19.9 Å². The van der Waals surface area contributed by atoms with Crippen molar-refractivity contribution in [3.8, 4) is 23.1 Å². The number of nitrogens with zero attached hydrogens (tertiary/aromatic N) is 2. The summed E-state index contributed by atoms with van der Waals surface area (Å²) in [6.07, 6.45) is 1.33. The molecule has 0 aliphatic carbocycles. The maximum Gasteiger partial charge on any atom is 0.230 e. The van der Waals surface area contributed by atoms with Crippen molar-refractivity contribution in [1.29, 1.82) is 0 Å². The Morgan fingerprint density at radius 2 is 1.48 bits per heavy atom. The van der Waals surface area contributed by atoms with Gasteiger partial charge in [0.05, 0.1) is 24.1 Å². The van der Waals surface area contributed by atoms with Gasteiger partial charge in [0.2, 0.25) is 5.88 Å². The molecule has 0 amide bonds. The van der Waals surface area contributed by atoms with E-state index in [9.17, 15) is 4.39 Å². The molecule has 1 aromatic heterocycles. The number of hydrogen-bond donors (Lipinski definition) is 1. The molecule has 0 saturated carbocycles. The smallest absolute Gasteiger partial charge is 0.230 e. The quantitative estimate of drug-likeness (QED) is 0.375. The molecule has 0 radical (unpaired) electrons. The highest BCUT2D eigenvalue weighted by atomic mass is 19.1. The minimum atomic E-state index is -0.590. The third-order valence-corrected chi connectivity index (χ3v) is 3.92. The van der Waals surface area contributed by atoms with Crippen LogP contribution in [0, 0.1) is 5.82 Å². The standard InChI is InChI=1S/C20H22FN3O5.C2H6/c1-25-5-7-27-18-10-14-16(11-19(18)28-8-6-26-2)23-12-24-20(14)29-17-4-3-13(22)9-15(17)21;1-2/h3-4,9-12H,5-8,22H2,1-2H3;1-2H3. The summed E-state index contributed by atoms with van der Waals surface area (Å²) in [7, 11) is 3.17. The molecule has 2 N–H and O–H groups in total. The largest absolute Gasteiger partial charge is 0.487 e. The van der Waals surface area contributed by atoms with Gasteiger partial charge in [0.25, 0.3) is 0 Å². The average molecular weight is 433 g/mol. The zero-order chi connectivity index (χ0) is 22.6. The van der Waals surface area contributed by atoms with E-state index < -0.39 is 5.82 Å². The fourth-order valence-electron chi connectivity index (χ4n) is 2.52. The topological polar surface area (TPSA) is 98.0 Å². The lowest BCUT2D eigenvalue weighted by atomic mass is 10.2. The molecule has 168 valence electrons. The van der Waals surface area contributed by atoms with Crippen molar-refractivity contribution >= 4 is 16.6 Å². The zero-order valence-corrected chi connectivity index (χ0v) is 18.2. The second-order valence-corrected chi connectivity index (χ2v) is 5.97. The number of halogens is 1. The summed E-state index contributed by atoms with van der Waals surface area (Å²) in [6.45, 7) is 5.48. The van der Waals surface area contributed by atoms with Crippen molar-refractivity contribution in [1.82, 2.24) is 9.97 Å². The predicted molar refractivity (Wildman–Crippen MR) is 117 cm³/mol. The Labute approximate surface area is 181 Å². The van der Waals surface area contributed by atoms with Crippen molar-refractivity contribution in [3.63, 3.8) is 0 Å². The van der Waals surface area contributed by atoms with Gasteiger partial charge in [0.1, 0.15) is 19.5 Å². The van der Waals surface area contributed by atoms with Gasteiger partial charge in [-0.05, 0) is 18.2 Å². The molecule has 0 fully saturated rings. The van der Waals surface area contributed by atoms with Crippen LogP contribution in [0.4, 0.5) is 10.1 Å². The van der Waals surface area contributed by atoms with E-state index in [1.54, 1.807) is 32.4 Å². The second kappa shape index (κ2) is 12.5. The fourth-order valence-corrected chi connectivity index (χ4v) is 2.52. The number of ether oxygens (including phenoxy) is 5. The molecular weight excluding hydrogens is 405 g/mol. The van der Waals surface area contributed by atoms with Crippen LogP contribution in [0.5, 0.6) is 23.1 Å². The van der Waals surface area contributed by atoms with Crippen molar-refractivity contribution in [3.05, 3.63) is 42.5 Å². The summed E-state index contributed by atoms with van der Waals surface area (Å²) in [5.74, 6) is 0.546. The number of aromatic nitrogens is 2. The Morgan fingerprint density at radius 3 is 2.10 bits per heavy atom. The minimum Gasteiger partial charge on any atom is -0.487 e. The summed E-state index contributed by atoms with van der Waals surface area (Å²) in [5.41, 5.74) is 6.44. The highest BCUT2D eigenvalue weighted by Crippen LogP contribution is 2.36. The van der Waals surface area contributed by atoms with Gasteiger partial charge in [-0.15, -0.1) is 0 Å². The van der Waals surface area contributed by atoms with E-state index in [1.165, 1.54) is 18.5 Å². The third-order valence-electron chi connectivity index (χ3n) is 3.92. The third kappa shape index (κ3) is 6.66. The monoisotopic (exact) mass is 433 g/mol. The molecule has 9 heteroatoms. The van der Waals surface area contributed by atoms with Crippen LogP contribution in [0.1, 0.15) is 13.8 Å². The number of methoxy groups -OCH3 is 2. The van der Waals surface area contributed by atoms with Crippen LogP contribution in [-0.2, 0) is 9.47 Å². The molecule has 0 atom stereocenters. The Bertz CT molecular complexity index is 971. The number of rotatable bonds is 10. The lowest BCUT2D eigenvalue weighted by Crippen LogP contribution is -2.09. The van der Waals surface area contributed by atoms with E-state index in [-0.39, 0.29) is 11.6 Å². The molecule has 0 saturated heterocycles. The molecular formula is C22H28FN3O5. The van der Waals surface area contributed by atoms with Crippen LogP contribution in [0.3, 0.4) is 0 Å². The predicted octanol–water partition coefficient (Wildman–Crippen LogP) is 4.22. The maximum absolute atomic E-state index is 14.1. The Balaban J connectivity index is 0.00000166. The first-order valence-electron chi connectivity index (χ1n) is 9.87. The van der Waals surface area contributed by atoms with E-state index >= 15 is 0 Å². The van der Waals surface area contributed by atoms with E-state index in [4.69, 9.17) is 29.4 Å². The molecule has 0 bridgehead atoms. The number of hydrogen-bond acceptors (Lipinski definition) is 8. The fraction of sp³-hybridized carbons (Fsp3) is 0.364. The van der Waals surface area contributed by atoms with Gasteiger partial charge in [-0.1, -0.05) is 13.8 Å². The first kappa shape index (κ1) is 24.1. The molecule has 2 aromatic carbocycles. The number of anilines is 1. The van der Waals surface area contributed by atoms with Gasteiger partial charge in [0, 0.05) is 32.0 Å². The molecule has 8 nitrogen and oxygen atoms in total. The van der Waals surface area contributed by atoms with Crippen LogP contribution in [0.15, 0.2) is 36.7 Å². The van der Waals surface area contributed by atoms with Crippen LogP contribution in [0.2, 0.25) is 0 Å². The van der Waals surface area contributed by atoms with Gasteiger partial charge < -0.3 is 29.4 Å². The highest BCUT2D eigenvalue weighted by molar-refractivity contribution is 5.87. The van der Waals surface area contributed by atoms with Gasteiger partial charge in [0.15, 0.2) is 23.1 Å². The van der Waals surface area contributed by atoms with E-state index in [2.05, 4.69) is 9.97 Å². The van der Waals surface area contributed by atoms with E-state index in [1.807, 2.05) is 13.8 Å². The second-order valence-electron chi connectivity index (χ2n) is 5.97. The molecule has 1 heterocycles. The van der Waals surface area contributed by atoms with Gasteiger partial charge in [-0.2, -0.15) is 0 Å². The first-order chi connectivity index (χ1) is 15.1. The molecule has 0 spiro atoms. The van der Waals surface area contributed by atoms with Crippen LogP contribution in [0.25, 0.3) is 10.9 Å². The van der Waals surface area contributed by atoms with Gasteiger partial charge in [-0.25, -0.2) is 14.4 Å². The normalized spacial score (nSPS) is 10.4. The van der Waals surface area contributed by atoms with Crippen LogP contribution in [-0.4, -0.2) is 50.6 Å². The number of fused-ring (bicyclic) bond motifs is 1. The molecule has 3 rings (SSSR count). The molecule has 31 heavy (non-hydrogen) atoms. The number of nitrogen functional groups attached to an aromatic ring is 1. The lowest BCUT2D eigenvalue weighted by molar-refractivity contribution is 0.132. The van der Waals surface area contributed by atoms with Gasteiger partial charge >= 0.3 is 0 Å². The summed E-state index contributed by atoms with van der Waals surface area (Å²) in [4.78, 5) is 8.39. The Morgan fingerprint density at radius 1 is 0.839 bits per heavy atom. The molecule has 3 aromatic rings. The minimum absolute atomic E-state index is 0.00136. The SMILES string of the molecule is CC.COCCOc1cc2ncnc(Oc3ccc(N)cc3F)c2cc1OCCOC. The maximum atomic E-state index is 14.1. The summed E-state index contributed by atoms with van der Waals surface area (Å²) < 4.78 is 41.4. The average Bonchev–Trinajstić information content (AvgIpc) is 2.78. The zero-order valence-electron chi connectivity index (χ0n) is 18.2. The van der Waals surface area contributed by atoms with Crippen molar-refractivity contribution in [2.45, 2.75) is 13.8 Å². The van der Waals surface area contributed by atoms with Gasteiger partial charge in [-0.3, -0.25) is 0 Å². The van der Waals surface area contributed by atoms with E-state index in [0.717, 1.165) is 0 Å². The highest BCUT2D eigenvalue weighted by Gasteiger charge is 2.15. The summed E-state index contributed by atoms with van der Waals surface area (Å²) in [5, 5.41) is 0.537. The summed E-state index contributed by atoms with van der Waals surface area (Å²) >= 11 is 0. The van der Waals surface area contributed by atoms with Crippen molar-refractivity contribution < 1.29 is 28.1 Å². The van der Waals surface area contributed by atoms with Crippen LogP contribution >= 0.6 is 0 Å². The van der Waals surface area contributed by atoms with Crippen molar-refractivity contribution in [2.75, 3.05) is 46.4 Å². The molecule has 0 unspecified atom stereocenters. The number of benzene rings is 2. The lowest BCUT2D eigenvalue weighted by Gasteiger charge is -2.15. The Kier molecular flexibility index (Phi) is 9.73. The number of nitrogens with two attached hydrogens (primary N) is 1. The molecule has 0 aliphatic rings. The van der Waals surface area contributed by atoms with E-state index in [0.29, 0.717) is 54.5 Å². The van der Waals surface area contributed by atoms with Crippen molar-refractivity contribution in [2.24, 2.45) is 0 Å². The Hall–Kier alpha value is -3.17.